The van der Waals surface area contributed by atoms with Gasteiger partial charge in [-0.2, -0.15) is 0 Å². The first kappa shape index (κ1) is 17.6. The first-order chi connectivity index (χ1) is 13.0. The molecule has 0 amide bonds. The van der Waals surface area contributed by atoms with Crippen LogP contribution in [-0.2, 0) is 26.3 Å². The summed E-state index contributed by atoms with van der Waals surface area (Å²) in [4.78, 5) is 27.3. The molecule has 0 aliphatic carbocycles. The summed E-state index contributed by atoms with van der Waals surface area (Å²) in [6.07, 6.45) is 0.759. The predicted molar refractivity (Wildman–Crippen MR) is 96.1 cm³/mol. The average Bonchev–Trinajstić information content (AvgIpc) is 3.23. The van der Waals surface area contributed by atoms with Crippen molar-refractivity contribution in [2.45, 2.75) is 11.8 Å². The molecule has 8 heteroatoms. The summed E-state index contributed by atoms with van der Waals surface area (Å²) < 4.78 is 5.48. The van der Waals surface area contributed by atoms with Crippen molar-refractivity contribution >= 4 is 29.5 Å². The third kappa shape index (κ3) is 2.70. The second kappa shape index (κ2) is 6.44. The minimum Gasteiger partial charge on any atom is -0.507 e. The van der Waals surface area contributed by atoms with Crippen molar-refractivity contribution in [1.29, 1.82) is 0 Å². The molecule has 1 atom stereocenters. The van der Waals surface area contributed by atoms with Crippen LogP contribution in [0, 0.1) is 0 Å². The standard InChI is InChI=1S/C19H16ClNO6/c20-12-1-2-15-13(6-12)19(10-23,9-21(15)27-18(25)8-22)14-5-11-3-4-26-17(11)7-16(14)24/h1-2,5-8,23-24H,3-4,9-10H2. The second-order valence-electron chi connectivity index (χ2n) is 6.54. The number of hydrogen-bond donors (Lipinski definition) is 2. The highest BCUT2D eigenvalue weighted by Gasteiger charge is 2.47. The number of hydrogen-bond acceptors (Lipinski definition) is 7. The van der Waals surface area contributed by atoms with E-state index < -0.39 is 11.4 Å². The van der Waals surface area contributed by atoms with Crippen molar-refractivity contribution in [3.63, 3.8) is 0 Å². The molecule has 0 saturated heterocycles. The van der Waals surface area contributed by atoms with Crippen LogP contribution in [-0.4, -0.2) is 42.2 Å². The van der Waals surface area contributed by atoms with Crippen molar-refractivity contribution in [3.05, 3.63) is 52.0 Å². The van der Waals surface area contributed by atoms with Crippen LogP contribution in [0.25, 0.3) is 0 Å². The third-order valence-corrected chi connectivity index (χ3v) is 5.28. The van der Waals surface area contributed by atoms with E-state index in [1.54, 1.807) is 24.3 Å². The molecule has 0 bridgehead atoms. The van der Waals surface area contributed by atoms with E-state index in [9.17, 15) is 19.8 Å². The molecule has 2 heterocycles. The summed E-state index contributed by atoms with van der Waals surface area (Å²) in [6, 6.07) is 8.24. The van der Waals surface area contributed by atoms with Gasteiger partial charge in [-0.25, -0.2) is 9.86 Å². The number of phenolic OH excluding ortho intramolecular Hbond substituents is 1. The fourth-order valence-electron chi connectivity index (χ4n) is 3.78. The van der Waals surface area contributed by atoms with E-state index in [0.29, 0.717) is 40.6 Å². The molecule has 0 radical (unpaired) electrons. The molecule has 27 heavy (non-hydrogen) atoms. The predicted octanol–water partition coefficient (Wildman–Crippen LogP) is 1.74. The first-order valence-corrected chi connectivity index (χ1v) is 8.71. The summed E-state index contributed by atoms with van der Waals surface area (Å²) in [5.41, 5.74) is 1.38. The van der Waals surface area contributed by atoms with Crippen molar-refractivity contribution < 1.29 is 29.4 Å². The Morgan fingerprint density at radius 2 is 2.15 bits per heavy atom. The maximum Gasteiger partial charge on any atom is 0.395 e. The number of aromatic hydroxyl groups is 1. The number of carbonyl (C=O) groups is 2. The molecule has 2 N–H and O–H groups in total. The molecule has 1 unspecified atom stereocenters. The smallest absolute Gasteiger partial charge is 0.395 e. The van der Waals surface area contributed by atoms with Gasteiger partial charge in [-0.3, -0.25) is 4.79 Å². The summed E-state index contributed by atoms with van der Waals surface area (Å²) >= 11 is 6.16. The number of aldehydes is 1. The lowest BCUT2D eigenvalue weighted by Gasteiger charge is -2.29. The Bertz CT molecular complexity index is 946. The lowest BCUT2D eigenvalue weighted by atomic mass is 9.75. The van der Waals surface area contributed by atoms with Gasteiger partial charge in [0.05, 0.1) is 30.9 Å². The van der Waals surface area contributed by atoms with Gasteiger partial charge in [0, 0.05) is 23.1 Å². The molecule has 0 saturated carbocycles. The largest absolute Gasteiger partial charge is 0.507 e. The zero-order valence-corrected chi connectivity index (χ0v) is 14.9. The minimum atomic E-state index is -1.09. The van der Waals surface area contributed by atoms with Gasteiger partial charge in [-0.1, -0.05) is 11.6 Å². The summed E-state index contributed by atoms with van der Waals surface area (Å²) in [6.45, 7) is 0.171. The SMILES string of the molecule is O=CC(=O)ON1CC(CO)(c2cc3c(cc2O)OCC3)c2cc(Cl)ccc21. The normalized spacial score (nSPS) is 20.0. The monoisotopic (exact) mass is 389 g/mol. The Hall–Kier alpha value is -2.77. The van der Waals surface area contributed by atoms with E-state index in [4.69, 9.17) is 21.2 Å². The number of anilines is 1. The number of aliphatic hydroxyl groups excluding tert-OH is 1. The highest BCUT2D eigenvalue weighted by Crippen LogP contribution is 2.50. The number of hydroxylamine groups is 1. The number of halogens is 1. The van der Waals surface area contributed by atoms with Crippen LogP contribution in [0.4, 0.5) is 5.69 Å². The van der Waals surface area contributed by atoms with Gasteiger partial charge in [0.1, 0.15) is 11.5 Å². The van der Waals surface area contributed by atoms with Gasteiger partial charge in [0.2, 0.25) is 6.29 Å². The van der Waals surface area contributed by atoms with Crippen molar-refractivity contribution in [1.82, 2.24) is 0 Å². The zero-order chi connectivity index (χ0) is 19.2. The highest BCUT2D eigenvalue weighted by atomic mass is 35.5. The summed E-state index contributed by atoms with van der Waals surface area (Å²) in [7, 11) is 0. The number of phenols is 1. The molecule has 2 aromatic rings. The number of fused-ring (bicyclic) bond motifs is 2. The van der Waals surface area contributed by atoms with Crippen LogP contribution in [0.3, 0.4) is 0 Å². The molecule has 7 nitrogen and oxygen atoms in total. The number of benzene rings is 2. The fraction of sp³-hybridized carbons (Fsp3) is 0.263. The number of ether oxygens (including phenoxy) is 1. The van der Waals surface area contributed by atoms with Gasteiger partial charge in [-0.15, -0.1) is 0 Å². The van der Waals surface area contributed by atoms with E-state index in [1.807, 2.05) is 0 Å². The molecule has 2 aliphatic heterocycles. The third-order valence-electron chi connectivity index (χ3n) is 5.05. The topological polar surface area (TPSA) is 96.3 Å². The maximum absolute atomic E-state index is 11.5. The second-order valence-corrected chi connectivity index (χ2v) is 6.98. The number of rotatable bonds is 4. The maximum atomic E-state index is 11.5. The molecule has 2 aliphatic rings. The van der Waals surface area contributed by atoms with Crippen molar-refractivity contribution in [3.8, 4) is 11.5 Å². The van der Waals surface area contributed by atoms with Gasteiger partial charge in [0.25, 0.3) is 0 Å². The molecular formula is C19H16ClNO6. The molecule has 4 rings (SSSR count). The van der Waals surface area contributed by atoms with Crippen LogP contribution in [0.5, 0.6) is 11.5 Å². The summed E-state index contributed by atoms with van der Waals surface area (Å²) in [5, 5.41) is 22.7. The fourth-order valence-corrected chi connectivity index (χ4v) is 3.96. The van der Waals surface area contributed by atoms with E-state index in [-0.39, 0.29) is 25.2 Å². The van der Waals surface area contributed by atoms with Crippen LogP contribution >= 0.6 is 11.6 Å². The number of nitrogens with zero attached hydrogens (tertiary/aromatic N) is 1. The number of aliphatic hydroxyl groups is 1. The molecule has 0 aromatic heterocycles. The molecule has 140 valence electrons. The van der Waals surface area contributed by atoms with E-state index in [1.165, 1.54) is 11.1 Å². The Labute approximate surface area is 159 Å². The summed E-state index contributed by atoms with van der Waals surface area (Å²) in [5.74, 6) is -0.492. The Kier molecular flexibility index (Phi) is 4.20. The zero-order valence-electron chi connectivity index (χ0n) is 14.1. The lowest BCUT2D eigenvalue weighted by molar-refractivity contribution is -0.149. The van der Waals surface area contributed by atoms with Crippen LogP contribution in [0.1, 0.15) is 16.7 Å². The molecule has 0 spiro atoms. The molecular weight excluding hydrogens is 374 g/mol. The Morgan fingerprint density at radius 1 is 1.33 bits per heavy atom. The van der Waals surface area contributed by atoms with E-state index in [2.05, 4.69) is 0 Å². The molecule has 0 fully saturated rings. The number of carbonyl (C=O) groups excluding carboxylic acids is 2. The van der Waals surface area contributed by atoms with Crippen LogP contribution in [0.15, 0.2) is 30.3 Å². The van der Waals surface area contributed by atoms with E-state index in [0.717, 1.165) is 5.56 Å². The van der Waals surface area contributed by atoms with Crippen molar-refractivity contribution in [2.24, 2.45) is 0 Å². The lowest BCUT2D eigenvalue weighted by Crippen LogP contribution is -2.39. The molecule has 2 aromatic carbocycles. The van der Waals surface area contributed by atoms with Gasteiger partial charge in [0.15, 0.2) is 0 Å². The minimum absolute atomic E-state index is 0.0198. The van der Waals surface area contributed by atoms with Crippen molar-refractivity contribution in [2.75, 3.05) is 24.8 Å². The van der Waals surface area contributed by atoms with Gasteiger partial charge in [-0.05, 0) is 35.4 Å². The van der Waals surface area contributed by atoms with Crippen LogP contribution in [0.2, 0.25) is 5.02 Å². The average molecular weight is 390 g/mol. The Morgan fingerprint density at radius 3 is 2.89 bits per heavy atom. The van der Waals surface area contributed by atoms with Crippen LogP contribution < -0.4 is 9.80 Å². The van der Waals surface area contributed by atoms with Gasteiger partial charge >= 0.3 is 5.97 Å². The van der Waals surface area contributed by atoms with Gasteiger partial charge < -0.3 is 19.8 Å². The van der Waals surface area contributed by atoms with E-state index >= 15 is 0 Å². The Balaban J connectivity index is 1.89. The highest BCUT2D eigenvalue weighted by molar-refractivity contribution is 6.30. The quantitative estimate of drug-likeness (QED) is 0.607. The first-order valence-electron chi connectivity index (χ1n) is 8.33.